The molecule has 3 rings (SSSR count). The van der Waals surface area contributed by atoms with Crippen LogP contribution in [0, 0.1) is 0 Å². The summed E-state index contributed by atoms with van der Waals surface area (Å²) < 4.78 is 0. The minimum atomic E-state index is 0.390. The Hall–Kier alpha value is -2.95. The average Bonchev–Trinajstić information content (AvgIpc) is 2.56. The molecule has 0 atom stereocenters. The van der Waals surface area contributed by atoms with Gasteiger partial charge in [0.05, 0.1) is 5.69 Å². The van der Waals surface area contributed by atoms with Gasteiger partial charge in [-0.15, -0.1) is 0 Å². The van der Waals surface area contributed by atoms with Crippen molar-refractivity contribution in [3.05, 3.63) is 54.5 Å². The second kappa shape index (κ2) is 6.04. The van der Waals surface area contributed by atoms with Crippen molar-refractivity contribution in [1.29, 1.82) is 0 Å². The monoisotopic (exact) mass is 305 g/mol. The van der Waals surface area contributed by atoms with Gasteiger partial charge in [0, 0.05) is 35.3 Å². The Morgan fingerprint density at radius 3 is 1.91 bits per heavy atom. The van der Waals surface area contributed by atoms with Gasteiger partial charge in [0.1, 0.15) is 11.6 Å². The number of nitrogen functional groups attached to an aromatic ring is 2. The van der Waals surface area contributed by atoms with E-state index in [4.69, 9.17) is 11.5 Å². The van der Waals surface area contributed by atoms with Crippen LogP contribution in [0.25, 0.3) is 22.4 Å². The Balaban J connectivity index is 2.18. The van der Waals surface area contributed by atoms with Gasteiger partial charge in [0.15, 0.2) is 0 Å². The maximum Gasteiger partial charge on any atom is 0.123 e. The zero-order chi connectivity index (χ0) is 16.4. The van der Waals surface area contributed by atoms with Crippen molar-refractivity contribution >= 4 is 11.6 Å². The number of rotatable bonds is 3. The van der Waals surface area contributed by atoms with Crippen LogP contribution >= 0.6 is 0 Å². The van der Waals surface area contributed by atoms with Crippen LogP contribution in [-0.4, -0.2) is 15.0 Å². The molecule has 0 radical (unpaired) electrons. The van der Waals surface area contributed by atoms with Crippen molar-refractivity contribution in [1.82, 2.24) is 15.0 Å². The molecule has 0 bridgehead atoms. The van der Waals surface area contributed by atoms with Crippen molar-refractivity contribution in [2.24, 2.45) is 0 Å². The van der Waals surface area contributed by atoms with Crippen LogP contribution in [0.4, 0.5) is 11.6 Å². The molecule has 0 saturated heterocycles. The lowest BCUT2D eigenvalue weighted by molar-refractivity contribution is 0.859. The van der Waals surface area contributed by atoms with Crippen molar-refractivity contribution in [2.75, 3.05) is 11.5 Å². The molecule has 116 valence electrons. The van der Waals surface area contributed by atoms with Gasteiger partial charge in [-0.2, -0.15) is 0 Å². The van der Waals surface area contributed by atoms with Gasteiger partial charge in [-0.3, -0.25) is 4.98 Å². The summed E-state index contributed by atoms with van der Waals surface area (Å²) in [7, 11) is 0. The summed E-state index contributed by atoms with van der Waals surface area (Å²) >= 11 is 0. The molecule has 0 unspecified atom stereocenters. The summed E-state index contributed by atoms with van der Waals surface area (Å²) in [6.07, 6.45) is 5.41. The Bertz CT molecular complexity index is 808. The van der Waals surface area contributed by atoms with E-state index in [1.807, 2.05) is 18.3 Å². The highest BCUT2D eigenvalue weighted by Crippen LogP contribution is 2.32. The molecule has 5 nitrogen and oxygen atoms in total. The van der Waals surface area contributed by atoms with E-state index in [0.717, 1.165) is 22.4 Å². The van der Waals surface area contributed by atoms with Crippen LogP contribution in [0.2, 0.25) is 0 Å². The van der Waals surface area contributed by atoms with Crippen molar-refractivity contribution in [3.8, 4) is 22.4 Å². The van der Waals surface area contributed by atoms with E-state index in [1.165, 1.54) is 5.56 Å². The first-order valence-electron chi connectivity index (χ1n) is 7.48. The average molecular weight is 305 g/mol. The molecular formula is C18H19N5. The van der Waals surface area contributed by atoms with Crippen molar-refractivity contribution in [3.63, 3.8) is 0 Å². The van der Waals surface area contributed by atoms with Gasteiger partial charge in [-0.1, -0.05) is 13.8 Å². The minimum absolute atomic E-state index is 0.390. The van der Waals surface area contributed by atoms with Crippen LogP contribution in [-0.2, 0) is 0 Å². The number of pyridine rings is 3. The fourth-order valence-corrected chi connectivity index (χ4v) is 2.36. The summed E-state index contributed by atoms with van der Waals surface area (Å²) in [5, 5.41) is 0. The molecule has 0 spiro atoms. The Labute approximate surface area is 135 Å². The number of nitrogens with zero attached hydrogens (tertiary/aromatic N) is 3. The van der Waals surface area contributed by atoms with Crippen LogP contribution < -0.4 is 11.5 Å². The maximum absolute atomic E-state index is 5.70. The fourth-order valence-electron chi connectivity index (χ4n) is 2.36. The second-order valence-corrected chi connectivity index (χ2v) is 5.76. The van der Waals surface area contributed by atoms with E-state index >= 15 is 0 Å². The van der Waals surface area contributed by atoms with Gasteiger partial charge in [0.2, 0.25) is 0 Å². The molecule has 23 heavy (non-hydrogen) atoms. The number of hydrogen-bond donors (Lipinski definition) is 2. The standard InChI is InChI=1S/C18H19N5/c1-11(2)14-7-15(12-3-5-16(19)21-8-12)18(23-10-14)13-4-6-17(20)22-9-13/h3-11H,1-2H3,(H2,19,21)(H2,20,22). The third-order valence-corrected chi connectivity index (χ3v) is 3.73. The molecule has 5 heteroatoms. The molecule has 3 aromatic rings. The summed E-state index contributed by atoms with van der Waals surface area (Å²) in [6.45, 7) is 4.29. The zero-order valence-electron chi connectivity index (χ0n) is 13.2. The molecular weight excluding hydrogens is 286 g/mol. The highest BCUT2D eigenvalue weighted by Gasteiger charge is 2.12. The lowest BCUT2D eigenvalue weighted by Gasteiger charge is -2.13. The molecule has 0 amide bonds. The molecule has 4 N–H and O–H groups in total. The molecule has 3 heterocycles. The largest absolute Gasteiger partial charge is 0.384 e. The Morgan fingerprint density at radius 1 is 0.783 bits per heavy atom. The van der Waals surface area contributed by atoms with E-state index in [1.54, 1.807) is 24.5 Å². The number of aromatic nitrogens is 3. The predicted octanol–water partition coefficient (Wildman–Crippen LogP) is 3.49. The fraction of sp³-hybridized carbons (Fsp3) is 0.167. The van der Waals surface area contributed by atoms with E-state index in [0.29, 0.717) is 17.6 Å². The summed E-state index contributed by atoms with van der Waals surface area (Å²) in [4.78, 5) is 13.0. The smallest absolute Gasteiger partial charge is 0.123 e. The number of nitrogens with two attached hydrogens (primary N) is 2. The lowest BCUT2D eigenvalue weighted by Crippen LogP contribution is -1.97. The zero-order valence-corrected chi connectivity index (χ0v) is 13.2. The van der Waals surface area contributed by atoms with Crippen LogP contribution in [0.15, 0.2) is 48.9 Å². The summed E-state index contributed by atoms with van der Waals surface area (Å²) in [5.74, 6) is 1.38. The first-order chi connectivity index (χ1) is 11.0. The van der Waals surface area contributed by atoms with Crippen LogP contribution in [0.3, 0.4) is 0 Å². The SMILES string of the molecule is CC(C)c1cnc(-c2ccc(N)nc2)c(-c2ccc(N)nc2)c1. The third-order valence-electron chi connectivity index (χ3n) is 3.73. The number of hydrogen-bond acceptors (Lipinski definition) is 5. The minimum Gasteiger partial charge on any atom is -0.384 e. The quantitative estimate of drug-likeness (QED) is 0.773. The highest BCUT2D eigenvalue weighted by atomic mass is 14.8. The highest BCUT2D eigenvalue weighted by molar-refractivity contribution is 5.81. The van der Waals surface area contributed by atoms with E-state index in [2.05, 4.69) is 34.9 Å². The Morgan fingerprint density at radius 2 is 1.39 bits per heavy atom. The normalized spacial score (nSPS) is 10.9. The summed E-state index contributed by atoms with van der Waals surface area (Å²) in [5.41, 5.74) is 16.3. The van der Waals surface area contributed by atoms with E-state index in [9.17, 15) is 0 Å². The molecule has 0 aliphatic rings. The van der Waals surface area contributed by atoms with Gasteiger partial charge in [-0.25, -0.2) is 9.97 Å². The number of anilines is 2. The second-order valence-electron chi connectivity index (χ2n) is 5.76. The lowest BCUT2D eigenvalue weighted by atomic mass is 9.96. The molecule has 0 fully saturated rings. The van der Waals surface area contributed by atoms with E-state index in [-0.39, 0.29) is 0 Å². The molecule has 0 saturated carbocycles. The van der Waals surface area contributed by atoms with Crippen molar-refractivity contribution in [2.45, 2.75) is 19.8 Å². The maximum atomic E-state index is 5.70. The van der Waals surface area contributed by atoms with Gasteiger partial charge in [-0.05, 0) is 41.8 Å². The van der Waals surface area contributed by atoms with E-state index < -0.39 is 0 Å². The van der Waals surface area contributed by atoms with Gasteiger partial charge < -0.3 is 11.5 Å². The topological polar surface area (TPSA) is 90.7 Å². The molecule has 3 aromatic heterocycles. The first-order valence-corrected chi connectivity index (χ1v) is 7.48. The van der Waals surface area contributed by atoms with Crippen LogP contribution in [0.1, 0.15) is 25.3 Å². The predicted molar refractivity (Wildman–Crippen MR) is 93.6 cm³/mol. The Kier molecular flexibility index (Phi) is 3.93. The van der Waals surface area contributed by atoms with Gasteiger partial charge >= 0.3 is 0 Å². The molecule has 0 aromatic carbocycles. The molecule has 0 aliphatic carbocycles. The van der Waals surface area contributed by atoms with Crippen LogP contribution in [0.5, 0.6) is 0 Å². The molecule has 0 aliphatic heterocycles. The summed E-state index contributed by atoms with van der Waals surface area (Å²) in [6, 6.07) is 9.60. The van der Waals surface area contributed by atoms with Gasteiger partial charge in [0.25, 0.3) is 0 Å². The van der Waals surface area contributed by atoms with Crippen molar-refractivity contribution < 1.29 is 0 Å². The third kappa shape index (κ3) is 3.13. The first kappa shape index (κ1) is 15.0.